The van der Waals surface area contributed by atoms with Crippen molar-refractivity contribution < 1.29 is 0 Å². The zero-order chi connectivity index (χ0) is 24.8. The molecule has 0 unspecified atom stereocenters. The van der Waals surface area contributed by atoms with Crippen LogP contribution in [0.1, 0.15) is 51.4 Å². The summed E-state index contributed by atoms with van der Waals surface area (Å²) in [5.41, 5.74) is 12.1. The van der Waals surface area contributed by atoms with Gasteiger partial charge in [0, 0.05) is 17.4 Å². The van der Waals surface area contributed by atoms with E-state index in [1.807, 2.05) is 12.3 Å². The smallest absolute Gasteiger partial charge is 0.101 e. The van der Waals surface area contributed by atoms with Crippen LogP contribution in [0.3, 0.4) is 0 Å². The van der Waals surface area contributed by atoms with E-state index in [4.69, 9.17) is 16.9 Å². The standard InChI is InChI=1S/C32H31ClN2/c1-4-26-18-32(33)30(17-28(26)12-11-24-16-25(19-34)21-35-20-24)14-13-27-8-6-10-31(23(27)3)29-9-5-7-22(2)15-29/h5-10,15-18,20-21H,4,11-14H2,1-3H3. The van der Waals surface area contributed by atoms with Crippen molar-refractivity contribution in [3.05, 3.63) is 123 Å². The Hall–Kier alpha value is -3.41. The molecule has 4 rings (SSSR count). The lowest BCUT2D eigenvalue weighted by Crippen LogP contribution is -2.02. The van der Waals surface area contributed by atoms with Crippen LogP contribution in [-0.4, -0.2) is 4.98 Å². The van der Waals surface area contributed by atoms with Gasteiger partial charge in [-0.05, 0) is 103 Å². The van der Waals surface area contributed by atoms with Gasteiger partial charge >= 0.3 is 0 Å². The lowest BCUT2D eigenvalue weighted by molar-refractivity contribution is 0.902. The number of aromatic nitrogens is 1. The molecule has 0 radical (unpaired) electrons. The molecule has 0 saturated carbocycles. The first-order valence-corrected chi connectivity index (χ1v) is 12.7. The van der Waals surface area contributed by atoms with Gasteiger partial charge in [-0.25, -0.2) is 0 Å². The van der Waals surface area contributed by atoms with E-state index < -0.39 is 0 Å². The molecular formula is C32H31ClN2. The first kappa shape index (κ1) is 24.7. The van der Waals surface area contributed by atoms with Crippen molar-refractivity contribution in [3.63, 3.8) is 0 Å². The average Bonchev–Trinajstić information content (AvgIpc) is 2.87. The zero-order valence-corrected chi connectivity index (χ0v) is 21.5. The predicted octanol–water partition coefficient (Wildman–Crippen LogP) is 8.02. The van der Waals surface area contributed by atoms with Crippen LogP contribution in [0.5, 0.6) is 0 Å². The second-order valence-corrected chi connectivity index (χ2v) is 9.63. The minimum Gasteiger partial charge on any atom is -0.263 e. The Morgan fingerprint density at radius 1 is 0.800 bits per heavy atom. The molecule has 2 nitrogen and oxygen atoms in total. The molecule has 0 aliphatic rings. The monoisotopic (exact) mass is 478 g/mol. The van der Waals surface area contributed by atoms with Crippen LogP contribution in [0.15, 0.2) is 73.1 Å². The molecule has 1 heterocycles. The third-order valence-electron chi connectivity index (χ3n) is 6.80. The summed E-state index contributed by atoms with van der Waals surface area (Å²) in [4.78, 5) is 4.20. The van der Waals surface area contributed by atoms with Gasteiger partial charge in [-0.15, -0.1) is 0 Å². The highest BCUT2D eigenvalue weighted by molar-refractivity contribution is 6.31. The summed E-state index contributed by atoms with van der Waals surface area (Å²) in [5, 5.41) is 10.0. The number of aryl methyl sites for hydroxylation is 6. The van der Waals surface area contributed by atoms with E-state index in [2.05, 4.69) is 86.4 Å². The fourth-order valence-corrected chi connectivity index (χ4v) is 5.06. The third kappa shape index (κ3) is 5.99. The first-order valence-electron chi connectivity index (χ1n) is 12.3. The fourth-order valence-electron chi connectivity index (χ4n) is 4.78. The van der Waals surface area contributed by atoms with Crippen LogP contribution in [0.2, 0.25) is 5.02 Å². The molecule has 0 aliphatic carbocycles. The first-order chi connectivity index (χ1) is 17.0. The molecule has 0 amide bonds. The van der Waals surface area contributed by atoms with Gasteiger partial charge in [0.15, 0.2) is 0 Å². The highest BCUT2D eigenvalue weighted by atomic mass is 35.5. The summed E-state index contributed by atoms with van der Waals surface area (Å²) in [6.45, 7) is 6.54. The molecule has 0 bridgehead atoms. The second kappa shape index (κ2) is 11.3. The van der Waals surface area contributed by atoms with Crippen molar-refractivity contribution in [2.24, 2.45) is 0 Å². The van der Waals surface area contributed by atoms with Crippen molar-refractivity contribution in [3.8, 4) is 17.2 Å². The minimum absolute atomic E-state index is 0.610. The maximum atomic E-state index is 9.16. The molecule has 1 aromatic heterocycles. The summed E-state index contributed by atoms with van der Waals surface area (Å²) in [6, 6.07) is 23.9. The third-order valence-corrected chi connectivity index (χ3v) is 7.15. The summed E-state index contributed by atoms with van der Waals surface area (Å²) >= 11 is 6.74. The van der Waals surface area contributed by atoms with Crippen LogP contribution in [-0.2, 0) is 32.1 Å². The maximum Gasteiger partial charge on any atom is 0.101 e. The highest BCUT2D eigenvalue weighted by Gasteiger charge is 2.11. The van der Waals surface area contributed by atoms with Crippen LogP contribution in [0, 0.1) is 25.2 Å². The van der Waals surface area contributed by atoms with E-state index in [1.165, 1.54) is 44.5 Å². The van der Waals surface area contributed by atoms with E-state index in [0.717, 1.165) is 42.7 Å². The van der Waals surface area contributed by atoms with E-state index in [-0.39, 0.29) is 0 Å². The summed E-state index contributed by atoms with van der Waals surface area (Å²) < 4.78 is 0. The summed E-state index contributed by atoms with van der Waals surface area (Å²) in [5.74, 6) is 0. The lowest BCUT2D eigenvalue weighted by Gasteiger charge is -2.15. The van der Waals surface area contributed by atoms with E-state index in [1.54, 1.807) is 6.20 Å². The Labute approximate surface area is 214 Å². The van der Waals surface area contributed by atoms with E-state index >= 15 is 0 Å². The van der Waals surface area contributed by atoms with Crippen molar-refractivity contribution >= 4 is 11.6 Å². The maximum absolute atomic E-state index is 9.16. The molecular weight excluding hydrogens is 448 g/mol. The average molecular weight is 479 g/mol. The Kier molecular flexibility index (Phi) is 8.01. The molecule has 0 N–H and O–H groups in total. The van der Waals surface area contributed by atoms with Crippen molar-refractivity contribution in [2.45, 2.75) is 52.9 Å². The minimum atomic E-state index is 0.610. The van der Waals surface area contributed by atoms with Gasteiger partial charge in [-0.1, -0.05) is 72.6 Å². The number of pyridine rings is 1. The van der Waals surface area contributed by atoms with Crippen LogP contribution in [0.4, 0.5) is 0 Å². The zero-order valence-electron chi connectivity index (χ0n) is 20.7. The molecule has 3 aromatic carbocycles. The van der Waals surface area contributed by atoms with Gasteiger partial charge in [-0.2, -0.15) is 5.26 Å². The molecule has 0 atom stereocenters. The number of halogens is 1. The highest BCUT2D eigenvalue weighted by Crippen LogP contribution is 2.29. The van der Waals surface area contributed by atoms with Crippen LogP contribution < -0.4 is 0 Å². The molecule has 3 heteroatoms. The van der Waals surface area contributed by atoms with Gasteiger partial charge < -0.3 is 0 Å². The van der Waals surface area contributed by atoms with Crippen molar-refractivity contribution in [2.75, 3.05) is 0 Å². The number of benzene rings is 3. The molecule has 35 heavy (non-hydrogen) atoms. The second-order valence-electron chi connectivity index (χ2n) is 9.22. The molecule has 0 aliphatic heterocycles. The Morgan fingerprint density at radius 3 is 2.34 bits per heavy atom. The quantitative estimate of drug-likeness (QED) is 0.257. The van der Waals surface area contributed by atoms with Gasteiger partial charge in [-0.3, -0.25) is 4.98 Å². The fraction of sp³-hybridized carbons (Fsp3) is 0.250. The topological polar surface area (TPSA) is 36.7 Å². The number of hydrogen-bond donors (Lipinski definition) is 0. The molecule has 176 valence electrons. The normalized spacial score (nSPS) is 10.8. The number of nitriles is 1. The Bertz CT molecular complexity index is 1380. The predicted molar refractivity (Wildman–Crippen MR) is 146 cm³/mol. The van der Waals surface area contributed by atoms with Gasteiger partial charge in [0.05, 0.1) is 5.56 Å². The number of nitrogens with zero attached hydrogens (tertiary/aromatic N) is 2. The number of hydrogen-bond acceptors (Lipinski definition) is 2. The molecule has 0 spiro atoms. The summed E-state index contributed by atoms with van der Waals surface area (Å²) in [6.07, 6.45) is 8.03. The largest absolute Gasteiger partial charge is 0.263 e. The van der Waals surface area contributed by atoms with Gasteiger partial charge in [0.2, 0.25) is 0 Å². The Balaban J connectivity index is 1.54. The van der Waals surface area contributed by atoms with E-state index in [9.17, 15) is 0 Å². The van der Waals surface area contributed by atoms with Crippen molar-refractivity contribution in [1.29, 1.82) is 5.26 Å². The molecule has 0 fully saturated rings. The summed E-state index contributed by atoms with van der Waals surface area (Å²) in [7, 11) is 0. The SMILES string of the molecule is CCc1cc(Cl)c(CCc2cccc(-c3cccc(C)c3)c2C)cc1CCc1cncc(C#N)c1. The molecule has 4 aromatic rings. The van der Waals surface area contributed by atoms with Crippen molar-refractivity contribution in [1.82, 2.24) is 4.98 Å². The van der Waals surface area contributed by atoms with E-state index in [0.29, 0.717) is 5.56 Å². The molecule has 0 saturated heterocycles. The van der Waals surface area contributed by atoms with Crippen LogP contribution in [0.25, 0.3) is 11.1 Å². The van der Waals surface area contributed by atoms with Crippen LogP contribution >= 0.6 is 11.6 Å². The van der Waals surface area contributed by atoms with Gasteiger partial charge in [0.25, 0.3) is 0 Å². The Morgan fingerprint density at radius 2 is 1.57 bits per heavy atom. The van der Waals surface area contributed by atoms with Gasteiger partial charge in [0.1, 0.15) is 6.07 Å². The number of rotatable bonds is 8. The lowest BCUT2D eigenvalue weighted by atomic mass is 9.91.